The van der Waals surface area contributed by atoms with Crippen LogP contribution in [0.5, 0.6) is 0 Å². The lowest BCUT2D eigenvalue weighted by molar-refractivity contribution is -0.402. The van der Waals surface area contributed by atoms with E-state index in [0.29, 0.717) is 11.6 Å². The SMILES string of the molecule is O=[N+]([O-])c1ccc(C2CCN3NC(N=Nc4ccccc4)=CC3N2)o1. The molecule has 1 aromatic carbocycles. The van der Waals surface area contributed by atoms with Crippen molar-refractivity contribution >= 4 is 11.6 Å². The molecule has 0 amide bonds. The number of benzene rings is 1. The fourth-order valence-corrected chi connectivity index (χ4v) is 2.90. The van der Waals surface area contributed by atoms with Crippen LogP contribution >= 0.6 is 0 Å². The van der Waals surface area contributed by atoms with Crippen molar-refractivity contribution in [3.8, 4) is 0 Å². The van der Waals surface area contributed by atoms with Crippen molar-refractivity contribution in [1.82, 2.24) is 15.8 Å². The summed E-state index contributed by atoms with van der Waals surface area (Å²) in [5.41, 5.74) is 3.97. The van der Waals surface area contributed by atoms with Crippen LogP contribution in [0.3, 0.4) is 0 Å². The molecule has 2 atom stereocenters. The molecule has 2 N–H and O–H groups in total. The first kappa shape index (κ1) is 15.5. The molecule has 0 aliphatic carbocycles. The zero-order valence-corrected chi connectivity index (χ0v) is 13.2. The number of hydrogen-bond donors (Lipinski definition) is 2. The zero-order valence-electron chi connectivity index (χ0n) is 13.2. The van der Waals surface area contributed by atoms with Gasteiger partial charge in [-0.05, 0) is 30.7 Å². The van der Waals surface area contributed by atoms with Gasteiger partial charge in [-0.2, -0.15) is 0 Å². The topological polar surface area (TPSA) is 108 Å². The number of fused-ring (bicyclic) bond motifs is 1. The Balaban J connectivity index is 1.44. The number of rotatable bonds is 4. The molecule has 0 radical (unpaired) electrons. The summed E-state index contributed by atoms with van der Waals surface area (Å²) in [5.74, 6) is 0.989. The van der Waals surface area contributed by atoms with Crippen LogP contribution in [0.4, 0.5) is 11.6 Å². The Kier molecular flexibility index (Phi) is 4.00. The number of azo groups is 1. The van der Waals surface area contributed by atoms with Crippen LogP contribution in [0, 0.1) is 10.1 Å². The molecule has 2 aliphatic rings. The lowest BCUT2D eigenvalue weighted by Gasteiger charge is -2.34. The highest BCUT2D eigenvalue weighted by Crippen LogP contribution is 2.29. The molecule has 0 bridgehead atoms. The molecular weight excluding hydrogens is 324 g/mol. The molecule has 9 heteroatoms. The van der Waals surface area contributed by atoms with Crippen molar-refractivity contribution in [2.24, 2.45) is 10.2 Å². The first-order chi connectivity index (χ1) is 12.2. The van der Waals surface area contributed by atoms with E-state index in [1.54, 1.807) is 6.07 Å². The molecule has 1 saturated heterocycles. The van der Waals surface area contributed by atoms with Gasteiger partial charge in [-0.25, -0.2) is 5.01 Å². The average molecular weight is 340 g/mol. The van der Waals surface area contributed by atoms with E-state index in [1.807, 2.05) is 41.4 Å². The lowest BCUT2D eigenvalue weighted by atomic mass is 10.1. The molecule has 1 aromatic heterocycles. The number of nitrogens with zero attached hydrogens (tertiary/aromatic N) is 4. The van der Waals surface area contributed by atoms with Crippen LogP contribution in [0.15, 0.2) is 69.0 Å². The molecule has 3 heterocycles. The maximum Gasteiger partial charge on any atom is 0.433 e. The summed E-state index contributed by atoms with van der Waals surface area (Å²) in [6, 6.07) is 12.4. The smallest absolute Gasteiger partial charge is 0.404 e. The number of nitrogens with one attached hydrogen (secondary N) is 2. The van der Waals surface area contributed by atoms with E-state index in [1.165, 1.54) is 6.07 Å². The molecule has 2 aliphatic heterocycles. The average Bonchev–Trinajstić information content (AvgIpc) is 3.27. The van der Waals surface area contributed by atoms with E-state index in [-0.39, 0.29) is 18.1 Å². The van der Waals surface area contributed by atoms with Gasteiger partial charge in [-0.15, -0.1) is 10.2 Å². The molecular formula is C16H16N6O3. The maximum absolute atomic E-state index is 10.8. The van der Waals surface area contributed by atoms with Crippen LogP contribution in [-0.2, 0) is 0 Å². The van der Waals surface area contributed by atoms with Gasteiger partial charge in [0.1, 0.15) is 16.8 Å². The Bertz CT molecular complexity index is 831. The van der Waals surface area contributed by atoms with E-state index in [4.69, 9.17) is 4.42 Å². The summed E-state index contributed by atoms with van der Waals surface area (Å²) in [4.78, 5) is 10.2. The van der Waals surface area contributed by atoms with Gasteiger partial charge in [-0.3, -0.25) is 20.9 Å². The molecule has 0 saturated carbocycles. The molecule has 2 aromatic rings. The van der Waals surface area contributed by atoms with E-state index in [2.05, 4.69) is 21.0 Å². The second-order valence-corrected chi connectivity index (χ2v) is 5.78. The van der Waals surface area contributed by atoms with Gasteiger partial charge in [0.25, 0.3) is 0 Å². The third-order valence-electron chi connectivity index (χ3n) is 4.11. The van der Waals surface area contributed by atoms with Crippen LogP contribution in [0.1, 0.15) is 18.2 Å². The van der Waals surface area contributed by atoms with Gasteiger partial charge in [0, 0.05) is 6.54 Å². The lowest BCUT2D eigenvalue weighted by Crippen LogP contribution is -2.52. The number of hydrazine groups is 1. The minimum Gasteiger partial charge on any atom is -0.404 e. The third-order valence-corrected chi connectivity index (χ3v) is 4.11. The molecule has 1 fully saturated rings. The second kappa shape index (κ2) is 6.46. The monoisotopic (exact) mass is 340 g/mol. The summed E-state index contributed by atoms with van der Waals surface area (Å²) in [6.07, 6.45) is 2.61. The van der Waals surface area contributed by atoms with Crippen LogP contribution < -0.4 is 10.7 Å². The van der Waals surface area contributed by atoms with Crippen molar-refractivity contribution in [2.45, 2.75) is 18.6 Å². The molecule has 9 nitrogen and oxygen atoms in total. The van der Waals surface area contributed by atoms with Crippen molar-refractivity contribution in [3.63, 3.8) is 0 Å². The Hall–Kier alpha value is -3.04. The van der Waals surface area contributed by atoms with Crippen LogP contribution in [-0.4, -0.2) is 22.6 Å². The Morgan fingerprint density at radius 1 is 1.20 bits per heavy atom. The fraction of sp³-hybridized carbons (Fsp3) is 0.250. The molecule has 0 spiro atoms. The standard InChI is InChI=1S/C16H16N6O3/c23-22(24)16-7-6-13(25-16)12-8-9-21-15(17-12)10-14(20-21)19-18-11-4-2-1-3-5-11/h1-7,10,12,15,17,20H,8-9H2. The number of hydrogen-bond acceptors (Lipinski definition) is 8. The van der Waals surface area contributed by atoms with Crippen LogP contribution in [0.25, 0.3) is 0 Å². The van der Waals surface area contributed by atoms with Gasteiger partial charge in [-0.1, -0.05) is 18.2 Å². The summed E-state index contributed by atoms with van der Waals surface area (Å²) < 4.78 is 5.30. The molecule has 2 unspecified atom stereocenters. The van der Waals surface area contributed by atoms with Gasteiger partial charge in [0.15, 0.2) is 5.82 Å². The molecule has 4 rings (SSSR count). The maximum atomic E-state index is 10.8. The Morgan fingerprint density at radius 3 is 2.80 bits per heavy atom. The highest BCUT2D eigenvalue weighted by molar-refractivity contribution is 5.35. The van der Waals surface area contributed by atoms with Gasteiger partial charge >= 0.3 is 5.88 Å². The van der Waals surface area contributed by atoms with Crippen molar-refractivity contribution in [2.75, 3.05) is 6.54 Å². The van der Waals surface area contributed by atoms with Crippen LogP contribution in [0.2, 0.25) is 0 Å². The molecule has 128 valence electrons. The van der Waals surface area contributed by atoms with E-state index >= 15 is 0 Å². The first-order valence-corrected chi connectivity index (χ1v) is 7.91. The Labute approximate surface area is 143 Å². The van der Waals surface area contributed by atoms with Crippen molar-refractivity contribution < 1.29 is 9.34 Å². The first-order valence-electron chi connectivity index (χ1n) is 7.91. The zero-order chi connectivity index (χ0) is 17.2. The summed E-state index contributed by atoms with van der Waals surface area (Å²) in [7, 11) is 0. The highest BCUT2D eigenvalue weighted by atomic mass is 16.6. The Morgan fingerprint density at radius 2 is 2.04 bits per heavy atom. The minimum absolute atomic E-state index is 0.0763. The quantitative estimate of drug-likeness (QED) is 0.503. The van der Waals surface area contributed by atoms with E-state index in [0.717, 1.165) is 18.7 Å². The van der Waals surface area contributed by atoms with Crippen molar-refractivity contribution in [3.05, 3.63) is 70.2 Å². The summed E-state index contributed by atoms with van der Waals surface area (Å²) in [5, 5.41) is 24.6. The van der Waals surface area contributed by atoms with Crippen molar-refractivity contribution in [1.29, 1.82) is 0 Å². The van der Waals surface area contributed by atoms with Gasteiger partial charge in [0.05, 0.1) is 17.8 Å². The number of furan rings is 1. The fourth-order valence-electron chi connectivity index (χ4n) is 2.90. The summed E-state index contributed by atoms with van der Waals surface area (Å²) >= 11 is 0. The largest absolute Gasteiger partial charge is 0.433 e. The predicted molar refractivity (Wildman–Crippen MR) is 88.5 cm³/mol. The highest BCUT2D eigenvalue weighted by Gasteiger charge is 2.33. The second-order valence-electron chi connectivity index (χ2n) is 5.78. The van der Waals surface area contributed by atoms with E-state index in [9.17, 15) is 10.1 Å². The molecule has 25 heavy (non-hydrogen) atoms. The predicted octanol–water partition coefficient (Wildman–Crippen LogP) is 2.99. The summed E-state index contributed by atoms with van der Waals surface area (Å²) in [6.45, 7) is 0.748. The third kappa shape index (κ3) is 3.28. The number of nitro groups is 1. The van der Waals surface area contributed by atoms with Gasteiger partial charge < -0.3 is 4.42 Å². The minimum atomic E-state index is -0.530. The van der Waals surface area contributed by atoms with Gasteiger partial charge in [0.2, 0.25) is 0 Å². The normalized spacial score (nSPS) is 23.3. The van der Waals surface area contributed by atoms with E-state index < -0.39 is 4.92 Å².